The summed E-state index contributed by atoms with van der Waals surface area (Å²) in [6, 6.07) is 2.49. The summed E-state index contributed by atoms with van der Waals surface area (Å²) < 4.78 is 9.91. The summed E-state index contributed by atoms with van der Waals surface area (Å²) in [4.78, 5) is 28.1. The van der Waals surface area contributed by atoms with Crippen molar-refractivity contribution in [1.29, 1.82) is 0 Å². The van der Waals surface area contributed by atoms with Gasteiger partial charge in [0.1, 0.15) is 5.69 Å². The second-order valence-electron chi connectivity index (χ2n) is 4.14. The third-order valence-corrected chi connectivity index (χ3v) is 2.65. The molecule has 0 saturated heterocycles. The number of carbonyl (C=O) groups is 2. The maximum Gasteiger partial charge on any atom is 0.354 e. The summed E-state index contributed by atoms with van der Waals surface area (Å²) >= 11 is 0. The third kappa shape index (κ3) is 5.76. The minimum atomic E-state index is -1.12. The topological polar surface area (TPSA) is 101 Å². The molecule has 0 aromatic carbocycles. The highest BCUT2D eigenvalue weighted by atomic mass is 16.5. The third-order valence-electron chi connectivity index (χ3n) is 2.65. The Bertz CT molecular complexity index is 455. The Labute approximate surface area is 122 Å². The number of ether oxygens (including phenoxy) is 2. The zero-order chi connectivity index (χ0) is 15.7. The van der Waals surface area contributed by atoms with Crippen LogP contribution in [0.2, 0.25) is 0 Å². The van der Waals surface area contributed by atoms with Gasteiger partial charge in [-0.25, -0.2) is 14.6 Å². The van der Waals surface area contributed by atoms with Crippen molar-refractivity contribution in [3.63, 3.8) is 0 Å². The van der Waals surface area contributed by atoms with Gasteiger partial charge >= 0.3 is 12.0 Å². The van der Waals surface area contributed by atoms with Gasteiger partial charge in [-0.1, -0.05) is 0 Å². The summed E-state index contributed by atoms with van der Waals surface area (Å²) in [6.07, 6.45) is 1.30. The van der Waals surface area contributed by atoms with Crippen LogP contribution in [0, 0.1) is 0 Å². The molecule has 2 N–H and O–H groups in total. The summed E-state index contributed by atoms with van der Waals surface area (Å²) in [6.45, 7) is 1.67. The number of hydrogen-bond donors (Lipinski definition) is 2. The minimum Gasteiger partial charge on any atom is -0.477 e. The molecule has 0 atom stereocenters. The Morgan fingerprint density at radius 3 is 2.29 bits per heavy atom. The lowest BCUT2D eigenvalue weighted by Gasteiger charge is -2.22. The zero-order valence-corrected chi connectivity index (χ0v) is 12.0. The van der Waals surface area contributed by atoms with Crippen LogP contribution in [0.25, 0.3) is 0 Å². The van der Waals surface area contributed by atoms with Crippen molar-refractivity contribution in [2.75, 3.05) is 45.8 Å². The molecular weight excluding hydrogens is 278 g/mol. The van der Waals surface area contributed by atoms with Crippen molar-refractivity contribution in [3.05, 3.63) is 24.0 Å². The Morgan fingerprint density at radius 2 is 1.86 bits per heavy atom. The van der Waals surface area contributed by atoms with E-state index in [1.54, 1.807) is 14.2 Å². The number of urea groups is 1. The van der Waals surface area contributed by atoms with Gasteiger partial charge in [0.2, 0.25) is 0 Å². The molecule has 1 heterocycles. The largest absolute Gasteiger partial charge is 0.477 e. The molecule has 1 aromatic rings. The number of carboxylic acid groups (broad SMARTS) is 1. The van der Waals surface area contributed by atoms with Gasteiger partial charge in [-0.3, -0.25) is 0 Å². The fourth-order valence-corrected chi connectivity index (χ4v) is 1.51. The Balaban J connectivity index is 2.64. The standard InChI is InChI=1S/C13H19N3O5/c1-20-7-5-16(6-8-21-2)13(19)15-10-3-4-11(12(17)18)14-9-10/h3-4,9H,5-8H2,1-2H3,(H,15,19)(H,17,18). The van der Waals surface area contributed by atoms with E-state index in [4.69, 9.17) is 14.6 Å². The lowest BCUT2D eigenvalue weighted by atomic mass is 10.3. The van der Waals surface area contributed by atoms with Crippen molar-refractivity contribution in [2.24, 2.45) is 0 Å². The number of carbonyl (C=O) groups excluding carboxylic acids is 1. The van der Waals surface area contributed by atoms with E-state index in [0.29, 0.717) is 32.0 Å². The molecule has 0 aliphatic carbocycles. The van der Waals surface area contributed by atoms with Crippen LogP contribution in [-0.4, -0.2) is 67.5 Å². The molecule has 1 aromatic heterocycles. The zero-order valence-electron chi connectivity index (χ0n) is 12.0. The van der Waals surface area contributed by atoms with Crippen LogP contribution in [0.1, 0.15) is 10.5 Å². The number of rotatable bonds is 8. The predicted molar refractivity (Wildman–Crippen MR) is 75.5 cm³/mol. The van der Waals surface area contributed by atoms with Crippen LogP contribution < -0.4 is 5.32 Å². The van der Waals surface area contributed by atoms with Gasteiger partial charge in [-0.2, -0.15) is 0 Å². The Kier molecular flexibility index (Phi) is 7.13. The number of methoxy groups -OCH3 is 2. The quantitative estimate of drug-likeness (QED) is 0.739. The molecule has 0 unspecified atom stereocenters. The van der Waals surface area contributed by atoms with Crippen molar-refractivity contribution in [2.45, 2.75) is 0 Å². The van der Waals surface area contributed by atoms with E-state index in [9.17, 15) is 9.59 Å². The number of nitrogens with one attached hydrogen (secondary N) is 1. The fourth-order valence-electron chi connectivity index (χ4n) is 1.51. The second-order valence-corrected chi connectivity index (χ2v) is 4.14. The summed E-state index contributed by atoms with van der Waals surface area (Å²) in [5, 5.41) is 11.4. The molecule has 0 radical (unpaired) electrons. The summed E-state index contributed by atoms with van der Waals surface area (Å²) in [7, 11) is 3.11. The van der Waals surface area contributed by atoms with Gasteiger partial charge in [-0.05, 0) is 12.1 Å². The highest BCUT2D eigenvalue weighted by Crippen LogP contribution is 2.07. The molecule has 0 aliphatic rings. The minimum absolute atomic E-state index is 0.0800. The van der Waals surface area contributed by atoms with Crippen LogP contribution in [-0.2, 0) is 9.47 Å². The van der Waals surface area contributed by atoms with E-state index in [2.05, 4.69) is 10.3 Å². The monoisotopic (exact) mass is 297 g/mol. The first-order valence-electron chi connectivity index (χ1n) is 6.31. The highest BCUT2D eigenvalue weighted by molar-refractivity contribution is 5.90. The van der Waals surface area contributed by atoms with Crippen molar-refractivity contribution in [1.82, 2.24) is 9.88 Å². The normalized spacial score (nSPS) is 10.2. The number of anilines is 1. The number of hydrogen-bond acceptors (Lipinski definition) is 5. The van der Waals surface area contributed by atoms with E-state index >= 15 is 0 Å². The molecule has 0 aliphatic heterocycles. The van der Waals surface area contributed by atoms with Crippen molar-refractivity contribution in [3.8, 4) is 0 Å². The Hall–Kier alpha value is -2.19. The first-order chi connectivity index (χ1) is 10.1. The van der Waals surface area contributed by atoms with E-state index in [1.165, 1.54) is 23.2 Å². The number of aromatic carboxylic acids is 1. The molecule has 8 heteroatoms. The molecule has 2 amide bonds. The van der Waals surface area contributed by atoms with Gasteiger partial charge in [0.15, 0.2) is 0 Å². The first-order valence-corrected chi connectivity index (χ1v) is 6.31. The Morgan fingerprint density at radius 1 is 1.24 bits per heavy atom. The second kappa shape index (κ2) is 8.88. The number of aromatic nitrogens is 1. The molecule has 1 rings (SSSR count). The van der Waals surface area contributed by atoms with Crippen LogP contribution in [0.4, 0.5) is 10.5 Å². The molecule has 8 nitrogen and oxygen atoms in total. The smallest absolute Gasteiger partial charge is 0.354 e. The number of pyridine rings is 1. The van der Waals surface area contributed by atoms with E-state index in [-0.39, 0.29) is 11.7 Å². The maximum atomic E-state index is 12.1. The van der Waals surface area contributed by atoms with Crippen molar-refractivity contribution < 1.29 is 24.2 Å². The van der Waals surface area contributed by atoms with E-state index < -0.39 is 5.97 Å². The van der Waals surface area contributed by atoms with Gasteiger partial charge in [-0.15, -0.1) is 0 Å². The molecule has 0 saturated carbocycles. The SMILES string of the molecule is COCCN(CCOC)C(=O)Nc1ccc(C(=O)O)nc1. The average molecular weight is 297 g/mol. The lowest BCUT2D eigenvalue weighted by molar-refractivity contribution is 0.0690. The molecule has 116 valence electrons. The highest BCUT2D eigenvalue weighted by Gasteiger charge is 2.13. The first kappa shape index (κ1) is 16.9. The van der Waals surface area contributed by atoms with Crippen LogP contribution in [0.3, 0.4) is 0 Å². The number of carboxylic acids is 1. The summed E-state index contributed by atoms with van der Waals surface area (Å²) in [5.74, 6) is -1.12. The van der Waals surface area contributed by atoms with Crippen LogP contribution in [0.15, 0.2) is 18.3 Å². The maximum absolute atomic E-state index is 12.1. The van der Waals surface area contributed by atoms with Gasteiger partial charge in [0.25, 0.3) is 0 Å². The summed E-state index contributed by atoms with van der Waals surface area (Å²) in [5.41, 5.74) is 0.341. The van der Waals surface area contributed by atoms with E-state index in [0.717, 1.165) is 0 Å². The van der Waals surface area contributed by atoms with Gasteiger partial charge in [0, 0.05) is 27.3 Å². The number of amides is 2. The van der Waals surface area contributed by atoms with E-state index in [1.807, 2.05) is 0 Å². The van der Waals surface area contributed by atoms with Crippen LogP contribution in [0.5, 0.6) is 0 Å². The lowest BCUT2D eigenvalue weighted by Crippen LogP contribution is -2.39. The molecule has 0 bridgehead atoms. The fraction of sp³-hybridized carbons (Fsp3) is 0.462. The van der Waals surface area contributed by atoms with Crippen molar-refractivity contribution >= 4 is 17.7 Å². The molecule has 0 fully saturated rings. The van der Waals surface area contributed by atoms with Gasteiger partial charge in [0.05, 0.1) is 25.1 Å². The molecule has 0 spiro atoms. The molecule has 21 heavy (non-hydrogen) atoms. The number of nitrogens with zero attached hydrogens (tertiary/aromatic N) is 2. The van der Waals surface area contributed by atoms with Gasteiger partial charge < -0.3 is 24.8 Å². The van der Waals surface area contributed by atoms with Crippen LogP contribution >= 0.6 is 0 Å². The molecular formula is C13H19N3O5. The predicted octanol–water partition coefficient (Wildman–Crippen LogP) is 0.906. The average Bonchev–Trinajstić information content (AvgIpc) is 2.47.